The summed E-state index contributed by atoms with van der Waals surface area (Å²) >= 11 is 0. The number of methoxy groups -OCH3 is 1. The van der Waals surface area contributed by atoms with E-state index in [-0.39, 0.29) is 11.3 Å². The van der Waals surface area contributed by atoms with E-state index in [9.17, 15) is 9.59 Å². The summed E-state index contributed by atoms with van der Waals surface area (Å²) in [6, 6.07) is 5.72. The third-order valence-corrected chi connectivity index (χ3v) is 2.08. The third kappa shape index (κ3) is 1.50. The van der Waals surface area contributed by atoms with Crippen LogP contribution in [0.3, 0.4) is 0 Å². The van der Waals surface area contributed by atoms with Gasteiger partial charge in [-0.05, 0) is 12.1 Å². The van der Waals surface area contributed by atoms with Crippen LogP contribution in [0, 0.1) is 0 Å². The number of hydrogen-bond donors (Lipinski definition) is 1. The van der Waals surface area contributed by atoms with E-state index in [2.05, 4.69) is 4.98 Å². The maximum atomic E-state index is 11.7. The number of nitrogens with zero attached hydrogens (tertiary/aromatic N) is 2. The summed E-state index contributed by atoms with van der Waals surface area (Å²) in [5.41, 5.74) is -0.526. The van der Waals surface area contributed by atoms with E-state index < -0.39 is 11.5 Å². The highest BCUT2D eigenvalue weighted by atomic mass is 16.5. The van der Waals surface area contributed by atoms with Crippen LogP contribution in [0.1, 0.15) is 10.5 Å². The molecule has 0 aromatic carbocycles. The van der Waals surface area contributed by atoms with Crippen molar-refractivity contribution in [1.82, 2.24) is 9.38 Å². The lowest BCUT2D eigenvalue weighted by molar-refractivity contribution is 0.0690. The van der Waals surface area contributed by atoms with Crippen LogP contribution in [0.2, 0.25) is 0 Å². The van der Waals surface area contributed by atoms with Crippen molar-refractivity contribution in [2.45, 2.75) is 0 Å². The molecule has 2 aromatic heterocycles. The average molecular weight is 220 g/mol. The van der Waals surface area contributed by atoms with Gasteiger partial charge >= 0.3 is 5.97 Å². The van der Waals surface area contributed by atoms with Crippen LogP contribution in [-0.4, -0.2) is 27.6 Å². The molecule has 0 saturated heterocycles. The topological polar surface area (TPSA) is 80.9 Å². The van der Waals surface area contributed by atoms with Crippen molar-refractivity contribution in [3.05, 3.63) is 40.3 Å². The predicted molar refractivity (Wildman–Crippen MR) is 55.0 cm³/mol. The molecule has 6 heteroatoms. The van der Waals surface area contributed by atoms with Gasteiger partial charge in [0.25, 0.3) is 5.56 Å². The average Bonchev–Trinajstić information content (AvgIpc) is 2.27. The lowest BCUT2D eigenvalue weighted by Gasteiger charge is -2.06. The Labute approximate surface area is 89.7 Å². The summed E-state index contributed by atoms with van der Waals surface area (Å²) in [6.07, 6.45) is 0. The van der Waals surface area contributed by atoms with Crippen molar-refractivity contribution in [3.8, 4) is 5.88 Å². The van der Waals surface area contributed by atoms with Crippen molar-refractivity contribution in [2.75, 3.05) is 7.11 Å². The molecule has 82 valence electrons. The van der Waals surface area contributed by atoms with Gasteiger partial charge in [0.15, 0.2) is 5.69 Å². The molecule has 1 N–H and O–H groups in total. The molecule has 6 nitrogen and oxygen atoms in total. The maximum absolute atomic E-state index is 11.7. The Bertz CT molecular complexity index is 618. The zero-order chi connectivity index (χ0) is 11.7. The Hall–Kier alpha value is -2.37. The number of carboxylic acids is 1. The van der Waals surface area contributed by atoms with E-state index in [4.69, 9.17) is 9.84 Å². The van der Waals surface area contributed by atoms with Crippen LogP contribution in [0.5, 0.6) is 5.88 Å². The van der Waals surface area contributed by atoms with Crippen molar-refractivity contribution < 1.29 is 14.6 Å². The first-order valence-corrected chi connectivity index (χ1v) is 4.43. The molecule has 0 fully saturated rings. The molecule has 0 spiro atoms. The van der Waals surface area contributed by atoms with Gasteiger partial charge in [-0.3, -0.25) is 4.79 Å². The van der Waals surface area contributed by atoms with Crippen molar-refractivity contribution in [1.29, 1.82) is 0 Å². The Morgan fingerprint density at radius 2 is 2.25 bits per heavy atom. The number of carboxylic acid groups (broad SMARTS) is 1. The summed E-state index contributed by atoms with van der Waals surface area (Å²) in [6.45, 7) is 0. The van der Waals surface area contributed by atoms with Crippen molar-refractivity contribution in [2.24, 2.45) is 0 Å². The molecule has 16 heavy (non-hydrogen) atoms. The molecular weight excluding hydrogens is 212 g/mol. The zero-order valence-corrected chi connectivity index (χ0v) is 8.38. The SMILES string of the molecule is COc1cccc2nc(C(=O)O)cc(=O)n12. The molecule has 0 unspecified atom stereocenters. The van der Waals surface area contributed by atoms with Gasteiger partial charge in [-0.25, -0.2) is 14.2 Å². The van der Waals surface area contributed by atoms with Gasteiger partial charge in [-0.1, -0.05) is 6.07 Å². The molecule has 0 radical (unpaired) electrons. The number of pyridine rings is 1. The van der Waals surface area contributed by atoms with E-state index >= 15 is 0 Å². The number of aromatic carboxylic acids is 1. The van der Waals surface area contributed by atoms with E-state index in [0.29, 0.717) is 5.88 Å². The second kappa shape index (κ2) is 3.65. The minimum absolute atomic E-state index is 0.240. The Kier molecular flexibility index (Phi) is 2.32. The van der Waals surface area contributed by atoms with E-state index in [1.807, 2.05) is 0 Å². The number of carbonyl (C=O) groups is 1. The molecule has 0 amide bonds. The number of ether oxygens (including phenoxy) is 1. The fourth-order valence-electron chi connectivity index (χ4n) is 1.39. The highest BCUT2D eigenvalue weighted by molar-refractivity contribution is 5.85. The largest absolute Gasteiger partial charge is 0.482 e. The van der Waals surface area contributed by atoms with Crippen LogP contribution in [0.25, 0.3) is 5.65 Å². The fourth-order valence-corrected chi connectivity index (χ4v) is 1.39. The van der Waals surface area contributed by atoms with Gasteiger partial charge in [-0.15, -0.1) is 0 Å². The van der Waals surface area contributed by atoms with Crippen LogP contribution in [0.4, 0.5) is 0 Å². The molecule has 0 saturated carbocycles. The number of hydrogen-bond acceptors (Lipinski definition) is 4. The molecule has 0 atom stereocenters. The Balaban J connectivity index is 2.86. The van der Waals surface area contributed by atoms with E-state index in [1.54, 1.807) is 12.1 Å². The molecule has 0 bridgehead atoms. The smallest absolute Gasteiger partial charge is 0.354 e. The Morgan fingerprint density at radius 3 is 2.88 bits per heavy atom. The van der Waals surface area contributed by atoms with Crippen molar-refractivity contribution in [3.63, 3.8) is 0 Å². The summed E-state index contributed by atoms with van der Waals surface area (Å²) in [5.74, 6) is -0.922. The second-order valence-electron chi connectivity index (χ2n) is 3.05. The van der Waals surface area contributed by atoms with Gasteiger partial charge in [0.2, 0.25) is 5.88 Å². The van der Waals surface area contributed by atoms with Crippen LogP contribution in [0.15, 0.2) is 29.1 Å². The molecule has 2 aromatic rings. The van der Waals surface area contributed by atoms with Crippen molar-refractivity contribution >= 4 is 11.6 Å². The third-order valence-electron chi connectivity index (χ3n) is 2.08. The Morgan fingerprint density at radius 1 is 1.50 bits per heavy atom. The lowest BCUT2D eigenvalue weighted by atomic mass is 10.3. The van der Waals surface area contributed by atoms with E-state index in [0.717, 1.165) is 6.07 Å². The van der Waals surface area contributed by atoms with Gasteiger partial charge in [0.1, 0.15) is 5.65 Å². The maximum Gasteiger partial charge on any atom is 0.354 e. The second-order valence-corrected chi connectivity index (χ2v) is 3.05. The first-order valence-electron chi connectivity index (χ1n) is 4.43. The monoisotopic (exact) mass is 220 g/mol. The number of aromatic nitrogens is 2. The van der Waals surface area contributed by atoms with Gasteiger partial charge in [0, 0.05) is 6.07 Å². The summed E-state index contributed by atoms with van der Waals surface area (Å²) in [4.78, 5) is 26.2. The summed E-state index contributed by atoms with van der Waals surface area (Å²) < 4.78 is 6.19. The minimum Gasteiger partial charge on any atom is -0.482 e. The zero-order valence-electron chi connectivity index (χ0n) is 8.38. The highest BCUT2D eigenvalue weighted by Gasteiger charge is 2.10. The first kappa shape index (κ1) is 10.2. The van der Waals surface area contributed by atoms with Gasteiger partial charge in [-0.2, -0.15) is 0 Å². The first-order chi connectivity index (χ1) is 7.63. The number of fused-ring (bicyclic) bond motifs is 1. The normalized spacial score (nSPS) is 10.3. The summed E-state index contributed by atoms with van der Waals surface area (Å²) in [5, 5.41) is 8.75. The molecule has 2 heterocycles. The van der Waals surface area contributed by atoms with Gasteiger partial charge < -0.3 is 9.84 Å². The molecule has 0 aliphatic rings. The van der Waals surface area contributed by atoms with Gasteiger partial charge in [0.05, 0.1) is 7.11 Å². The predicted octanol–water partition coefficient (Wildman–Crippen LogP) is 0.401. The molecule has 0 aliphatic heterocycles. The van der Waals surface area contributed by atoms with Crippen LogP contribution in [-0.2, 0) is 0 Å². The van der Waals surface area contributed by atoms with Crippen LogP contribution < -0.4 is 10.3 Å². The number of rotatable bonds is 2. The fraction of sp³-hybridized carbons (Fsp3) is 0.100. The summed E-state index contributed by atoms with van der Waals surface area (Å²) in [7, 11) is 1.42. The van der Waals surface area contributed by atoms with Crippen LogP contribution >= 0.6 is 0 Å². The molecular formula is C10H8N2O4. The minimum atomic E-state index is -1.23. The lowest BCUT2D eigenvalue weighted by Crippen LogP contribution is -2.18. The standard InChI is InChI=1S/C10H8N2O4/c1-16-9-4-2-3-7-11-6(10(14)15)5-8(13)12(7)9/h2-5H,1H3,(H,14,15). The molecule has 2 rings (SSSR count). The molecule has 0 aliphatic carbocycles. The van der Waals surface area contributed by atoms with E-state index in [1.165, 1.54) is 17.6 Å². The highest BCUT2D eigenvalue weighted by Crippen LogP contribution is 2.10. The quantitative estimate of drug-likeness (QED) is 0.792.